The van der Waals surface area contributed by atoms with Gasteiger partial charge in [0.25, 0.3) is 0 Å². The summed E-state index contributed by atoms with van der Waals surface area (Å²) in [6, 6.07) is 4.65. The Hall–Kier alpha value is -4.77. The van der Waals surface area contributed by atoms with E-state index in [9.17, 15) is 44.4 Å². The summed E-state index contributed by atoms with van der Waals surface area (Å²) in [4.78, 5) is 68.2. The average Bonchev–Trinajstić information content (AvgIpc) is 3.12. The summed E-state index contributed by atoms with van der Waals surface area (Å²) in [7, 11) is 1.40. The molecule has 1 aromatic rings. The van der Waals surface area contributed by atoms with Gasteiger partial charge in [0.15, 0.2) is 17.5 Å². The Morgan fingerprint density at radius 3 is 2.26 bits per heavy atom. The van der Waals surface area contributed by atoms with Gasteiger partial charge in [0, 0.05) is 37.4 Å². The number of allylic oxidation sites excluding steroid dienone is 2. The number of ketones is 1. The lowest BCUT2D eigenvalue weighted by Crippen LogP contribution is -2.73. The molecule has 0 aromatic heterocycles. The van der Waals surface area contributed by atoms with Gasteiger partial charge < -0.3 is 54.2 Å². The summed E-state index contributed by atoms with van der Waals surface area (Å²) in [5, 5.41) is 49.0. The van der Waals surface area contributed by atoms with Gasteiger partial charge in [-0.3, -0.25) is 9.59 Å². The number of alkyl carbamates (subject to hydrolysis) is 1. The van der Waals surface area contributed by atoms with Crippen molar-refractivity contribution in [2.24, 2.45) is 11.3 Å². The van der Waals surface area contributed by atoms with Crippen molar-refractivity contribution in [3.63, 3.8) is 0 Å². The molecule has 58 heavy (non-hydrogen) atoms. The van der Waals surface area contributed by atoms with E-state index in [1.165, 1.54) is 53.0 Å². The molecule has 2 bridgehead atoms. The van der Waals surface area contributed by atoms with Crippen LogP contribution in [-0.4, -0.2) is 118 Å². The average molecular weight is 816 g/mol. The number of ether oxygens (including phenoxy) is 6. The number of carbonyl (C=O) groups is 5. The number of nitrogens with one attached hydrogen (secondary N) is 1. The third-order valence-corrected chi connectivity index (χ3v) is 11.0. The first kappa shape index (κ1) is 45.9. The maximum absolute atomic E-state index is 14.5. The van der Waals surface area contributed by atoms with Crippen molar-refractivity contribution in [2.45, 2.75) is 129 Å². The summed E-state index contributed by atoms with van der Waals surface area (Å²) < 4.78 is 34.6. The molecule has 0 radical (unpaired) electrons. The smallest absolute Gasteiger partial charge is 0.408 e. The molecule has 0 unspecified atom stereocenters. The first-order chi connectivity index (χ1) is 26.8. The van der Waals surface area contributed by atoms with Crippen molar-refractivity contribution in [1.82, 2.24) is 5.32 Å². The number of Topliss-reactive ketones (excluding diaryl/α,β-unsaturated/α-hetero) is 1. The van der Waals surface area contributed by atoms with Crippen molar-refractivity contribution in [3.8, 4) is 5.75 Å². The molecule has 3 aliphatic rings. The van der Waals surface area contributed by atoms with Crippen LogP contribution in [0.2, 0.25) is 0 Å². The third-order valence-electron chi connectivity index (χ3n) is 11.0. The van der Waals surface area contributed by atoms with Gasteiger partial charge in [-0.15, -0.1) is 0 Å². The summed E-state index contributed by atoms with van der Waals surface area (Å²) >= 11 is 0. The molecular formula is C42H57NO15. The summed E-state index contributed by atoms with van der Waals surface area (Å²) in [5.41, 5.74) is -6.32. The molecule has 16 heteroatoms. The van der Waals surface area contributed by atoms with Crippen LogP contribution in [0.4, 0.5) is 4.79 Å². The monoisotopic (exact) mass is 815 g/mol. The lowest BCUT2D eigenvalue weighted by Gasteiger charge is -2.60. The molecule has 5 N–H and O–H groups in total. The number of hydrogen-bond acceptors (Lipinski definition) is 15. The van der Waals surface area contributed by atoms with E-state index >= 15 is 0 Å². The van der Waals surface area contributed by atoms with E-state index in [4.69, 9.17) is 28.4 Å². The standard InChI is InChI=1S/C42H57NO15/c1-21(2)17-27(43-38(51)58-39(6,7)8)33(47)37(50)55-28-19-42(52)35(56-36(49)25-13-12-14-26(18-25)53-11)31(41(57-24(5)45)20-54-29(41)15-16-44)23(4)32(46)34(48)30(22(28)3)40(42,9)10/h12-14,17-18,27-29,31,33,35,44,46-47,52H,15-16,19-20H2,1-11H3,(H,43,51)/t27-,28-,29+,31+,33+,35-,41-,42+/m0/s1. The van der Waals surface area contributed by atoms with Crippen LogP contribution in [-0.2, 0) is 38.1 Å². The van der Waals surface area contributed by atoms with E-state index < -0.39 is 107 Å². The van der Waals surface area contributed by atoms with Gasteiger partial charge in [-0.2, -0.15) is 0 Å². The van der Waals surface area contributed by atoms with Crippen LogP contribution in [0.25, 0.3) is 0 Å². The molecule has 1 aromatic carbocycles. The highest BCUT2D eigenvalue weighted by atomic mass is 16.6. The van der Waals surface area contributed by atoms with E-state index in [1.54, 1.807) is 46.8 Å². The lowest BCUT2D eigenvalue weighted by atomic mass is 9.53. The lowest BCUT2D eigenvalue weighted by molar-refractivity contribution is -0.295. The zero-order valence-corrected chi connectivity index (χ0v) is 35.0. The number of benzene rings is 1. The van der Waals surface area contributed by atoms with Gasteiger partial charge in [0.05, 0.1) is 31.2 Å². The number of methoxy groups -OCH3 is 1. The number of rotatable bonds is 12. The van der Waals surface area contributed by atoms with Crippen molar-refractivity contribution in [1.29, 1.82) is 0 Å². The van der Waals surface area contributed by atoms with Gasteiger partial charge in [-0.1, -0.05) is 31.6 Å². The molecule has 16 nitrogen and oxygen atoms in total. The molecule has 1 heterocycles. The minimum atomic E-state index is -2.38. The van der Waals surface area contributed by atoms with Crippen molar-refractivity contribution >= 4 is 29.8 Å². The van der Waals surface area contributed by atoms with E-state index in [0.717, 1.165) is 6.92 Å². The largest absolute Gasteiger partial charge is 0.504 e. The Morgan fingerprint density at radius 1 is 1.07 bits per heavy atom. The number of hydrogen-bond donors (Lipinski definition) is 5. The van der Waals surface area contributed by atoms with Crippen LogP contribution >= 0.6 is 0 Å². The highest BCUT2D eigenvalue weighted by Crippen LogP contribution is 2.58. The third kappa shape index (κ3) is 8.94. The highest BCUT2D eigenvalue weighted by molar-refractivity contribution is 6.09. The number of amides is 1. The Labute approximate surface area is 338 Å². The number of aliphatic hydroxyl groups excluding tert-OH is 3. The fourth-order valence-corrected chi connectivity index (χ4v) is 8.19. The predicted molar refractivity (Wildman–Crippen MR) is 206 cm³/mol. The van der Waals surface area contributed by atoms with Crippen LogP contribution in [0.5, 0.6) is 5.75 Å². The zero-order chi connectivity index (χ0) is 43.7. The quantitative estimate of drug-likeness (QED) is 0.114. The van der Waals surface area contributed by atoms with Crippen LogP contribution < -0.4 is 10.1 Å². The first-order valence-corrected chi connectivity index (χ1v) is 19.0. The maximum Gasteiger partial charge on any atom is 0.408 e. The zero-order valence-electron chi connectivity index (χ0n) is 35.0. The molecule has 8 atom stereocenters. The summed E-state index contributed by atoms with van der Waals surface area (Å²) in [6.45, 7) is 14.5. The van der Waals surface area contributed by atoms with Gasteiger partial charge in [0.2, 0.25) is 5.78 Å². The van der Waals surface area contributed by atoms with Crippen molar-refractivity contribution in [3.05, 3.63) is 64.0 Å². The van der Waals surface area contributed by atoms with E-state index in [-0.39, 0.29) is 35.3 Å². The van der Waals surface area contributed by atoms with E-state index in [1.807, 2.05) is 0 Å². The summed E-state index contributed by atoms with van der Waals surface area (Å²) in [6.07, 6.45) is -6.49. The fourth-order valence-electron chi connectivity index (χ4n) is 8.19. The molecule has 1 saturated heterocycles. The second-order valence-corrected chi connectivity index (χ2v) is 16.9. The number of aliphatic hydroxyl groups is 4. The van der Waals surface area contributed by atoms with Crippen molar-refractivity contribution < 1.29 is 72.8 Å². The highest BCUT2D eigenvalue weighted by Gasteiger charge is 2.69. The predicted octanol–water partition coefficient (Wildman–Crippen LogP) is 3.94. The Bertz CT molecular complexity index is 1890. The molecule has 1 amide bonds. The summed E-state index contributed by atoms with van der Waals surface area (Å²) in [5.74, 6) is -5.97. The molecule has 0 spiro atoms. The minimum absolute atomic E-state index is 0.00143. The van der Waals surface area contributed by atoms with E-state index in [0.29, 0.717) is 11.3 Å². The molecule has 2 aliphatic carbocycles. The first-order valence-electron chi connectivity index (χ1n) is 19.0. The second kappa shape index (κ2) is 17.2. The van der Waals surface area contributed by atoms with Crippen molar-refractivity contribution in [2.75, 3.05) is 20.3 Å². The SMILES string of the molecule is COc1cccc(C(=O)O[C@H]2[C@H]([C@]3(OC(C)=O)CO[C@@H]3CCO)C(C)=C(O)C(=O)C3=C(C)[C@@H](OC(=O)[C@H](O)[C@H](C=C(C)C)NC(=O)OC(C)(C)C)C[C@]2(O)C3(C)C)c1. The van der Waals surface area contributed by atoms with E-state index in [2.05, 4.69) is 5.32 Å². The number of fused-ring (bicyclic) bond motifs is 2. The van der Waals surface area contributed by atoms with Gasteiger partial charge >= 0.3 is 24.0 Å². The molecule has 1 fully saturated rings. The van der Waals surface area contributed by atoms with Crippen LogP contribution in [0.15, 0.2) is 58.4 Å². The van der Waals surface area contributed by atoms with Crippen LogP contribution in [0, 0.1) is 11.3 Å². The molecule has 4 rings (SSSR count). The Morgan fingerprint density at radius 2 is 1.72 bits per heavy atom. The van der Waals surface area contributed by atoms with Gasteiger partial charge in [-0.05, 0) is 77.8 Å². The Kier molecular flexibility index (Phi) is 13.6. The topological polar surface area (TPSA) is 234 Å². The van der Waals surface area contributed by atoms with Crippen LogP contribution in [0.3, 0.4) is 0 Å². The normalized spacial score (nSPS) is 27.8. The molecule has 320 valence electrons. The van der Waals surface area contributed by atoms with Gasteiger partial charge in [0.1, 0.15) is 35.3 Å². The second-order valence-electron chi connectivity index (χ2n) is 16.9. The van der Waals surface area contributed by atoms with Gasteiger partial charge in [-0.25, -0.2) is 14.4 Å². The van der Waals surface area contributed by atoms with Crippen LogP contribution in [0.1, 0.15) is 92.4 Å². The molecule has 0 saturated carbocycles. The molecular weight excluding hydrogens is 758 g/mol. The molecule has 1 aliphatic heterocycles. The number of esters is 3. The maximum atomic E-state index is 14.5. The minimum Gasteiger partial charge on any atom is -0.504 e. The Balaban J connectivity index is 1.93. The fraction of sp³-hybridized carbons (Fsp3) is 0.595. The number of carbonyl (C=O) groups excluding carboxylic acids is 5.